The van der Waals surface area contributed by atoms with Crippen LogP contribution in [0.25, 0.3) is 0 Å². The maximum absolute atomic E-state index is 12.4. The highest BCUT2D eigenvalue weighted by Crippen LogP contribution is 2.36. The molecular formula is C6H5F5N2O. The largest absolute Gasteiger partial charge is 0.505 e. The predicted octanol–water partition coefficient (Wildman–Crippen LogP) is 1.79. The van der Waals surface area contributed by atoms with Gasteiger partial charge in [-0.2, -0.15) is 27.1 Å². The molecule has 1 aromatic heterocycles. The van der Waals surface area contributed by atoms with Gasteiger partial charge < -0.3 is 5.11 Å². The van der Waals surface area contributed by atoms with Crippen LogP contribution in [0.2, 0.25) is 0 Å². The van der Waals surface area contributed by atoms with Crippen molar-refractivity contribution in [2.24, 2.45) is 0 Å². The van der Waals surface area contributed by atoms with Gasteiger partial charge in [0, 0.05) is 0 Å². The molecule has 14 heavy (non-hydrogen) atoms. The molecule has 1 rings (SSSR count). The van der Waals surface area contributed by atoms with Crippen molar-refractivity contribution in [3.05, 3.63) is 12.4 Å². The molecule has 0 aliphatic rings. The lowest BCUT2D eigenvalue weighted by atomic mass is 10.3. The lowest BCUT2D eigenvalue weighted by Crippen LogP contribution is -2.40. The molecule has 0 saturated carbocycles. The lowest BCUT2D eigenvalue weighted by molar-refractivity contribution is -0.287. The highest BCUT2D eigenvalue weighted by molar-refractivity contribution is 5.08. The number of hydrogen-bond acceptors (Lipinski definition) is 2. The minimum Gasteiger partial charge on any atom is -0.505 e. The van der Waals surface area contributed by atoms with Gasteiger partial charge >= 0.3 is 12.1 Å². The van der Waals surface area contributed by atoms with Crippen molar-refractivity contribution in [2.75, 3.05) is 0 Å². The Labute approximate surface area is 74.8 Å². The van der Waals surface area contributed by atoms with Gasteiger partial charge in [0.25, 0.3) is 0 Å². The monoisotopic (exact) mass is 216 g/mol. The lowest BCUT2D eigenvalue weighted by Gasteiger charge is -2.18. The third-order valence-corrected chi connectivity index (χ3v) is 1.39. The van der Waals surface area contributed by atoms with Crippen LogP contribution >= 0.6 is 0 Å². The number of alkyl halides is 5. The van der Waals surface area contributed by atoms with Crippen molar-refractivity contribution in [3.63, 3.8) is 0 Å². The zero-order valence-corrected chi connectivity index (χ0v) is 6.59. The van der Waals surface area contributed by atoms with Crippen LogP contribution in [-0.4, -0.2) is 27.0 Å². The summed E-state index contributed by atoms with van der Waals surface area (Å²) in [5, 5.41) is 11.7. The van der Waals surface area contributed by atoms with Crippen molar-refractivity contribution in [3.8, 4) is 5.75 Å². The van der Waals surface area contributed by atoms with Crippen LogP contribution in [-0.2, 0) is 6.54 Å². The second-order valence-corrected chi connectivity index (χ2v) is 2.60. The Kier molecular flexibility index (Phi) is 2.38. The van der Waals surface area contributed by atoms with Crippen molar-refractivity contribution >= 4 is 0 Å². The van der Waals surface area contributed by atoms with E-state index in [0.717, 1.165) is 6.20 Å². The molecule has 1 heterocycles. The minimum atomic E-state index is -5.62. The summed E-state index contributed by atoms with van der Waals surface area (Å²) in [4.78, 5) is 0. The van der Waals surface area contributed by atoms with E-state index in [2.05, 4.69) is 5.10 Å². The van der Waals surface area contributed by atoms with Gasteiger partial charge in [0.2, 0.25) is 0 Å². The maximum atomic E-state index is 12.4. The Balaban J connectivity index is 2.78. The second kappa shape index (κ2) is 3.10. The summed E-state index contributed by atoms with van der Waals surface area (Å²) in [6, 6.07) is 0. The van der Waals surface area contributed by atoms with Crippen LogP contribution in [0.1, 0.15) is 0 Å². The molecule has 0 fully saturated rings. The molecule has 0 aliphatic carbocycles. The van der Waals surface area contributed by atoms with Gasteiger partial charge in [-0.1, -0.05) is 0 Å². The summed E-state index contributed by atoms with van der Waals surface area (Å²) in [7, 11) is 0. The first-order valence-electron chi connectivity index (χ1n) is 3.38. The van der Waals surface area contributed by atoms with E-state index < -0.39 is 24.4 Å². The van der Waals surface area contributed by atoms with E-state index in [1.54, 1.807) is 0 Å². The van der Waals surface area contributed by atoms with Gasteiger partial charge in [-0.25, -0.2) is 0 Å². The van der Waals surface area contributed by atoms with Gasteiger partial charge in [-0.05, 0) is 0 Å². The number of aromatic nitrogens is 2. The van der Waals surface area contributed by atoms with E-state index in [-0.39, 0.29) is 0 Å². The Bertz CT molecular complexity index is 318. The number of hydrogen-bond donors (Lipinski definition) is 1. The average molecular weight is 216 g/mol. The fourth-order valence-corrected chi connectivity index (χ4v) is 0.732. The number of rotatable bonds is 2. The molecule has 1 N–H and O–H groups in total. The van der Waals surface area contributed by atoms with E-state index >= 15 is 0 Å². The molecule has 80 valence electrons. The molecule has 0 aliphatic heterocycles. The fraction of sp³-hybridized carbons (Fsp3) is 0.500. The molecule has 1 aromatic rings. The Morgan fingerprint density at radius 2 is 1.86 bits per heavy atom. The fourth-order valence-electron chi connectivity index (χ4n) is 0.732. The minimum absolute atomic E-state index is 0.322. The molecule has 0 unspecified atom stereocenters. The molecule has 0 aromatic carbocycles. The van der Waals surface area contributed by atoms with Crippen LogP contribution in [0.15, 0.2) is 12.4 Å². The smallest absolute Gasteiger partial charge is 0.455 e. The molecule has 0 saturated heterocycles. The molecule has 0 atom stereocenters. The van der Waals surface area contributed by atoms with Gasteiger partial charge in [-0.15, -0.1) is 0 Å². The van der Waals surface area contributed by atoms with E-state index in [1.807, 2.05) is 0 Å². The van der Waals surface area contributed by atoms with Crippen molar-refractivity contribution < 1.29 is 27.1 Å². The van der Waals surface area contributed by atoms with Crippen LogP contribution < -0.4 is 0 Å². The van der Waals surface area contributed by atoms with Crippen molar-refractivity contribution in [1.29, 1.82) is 0 Å². The molecule has 0 spiro atoms. The highest BCUT2D eigenvalue weighted by Gasteiger charge is 2.57. The molecule has 0 amide bonds. The maximum Gasteiger partial charge on any atom is 0.455 e. The average Bonchev–Trinajstić information content (AvgIpc) is 2.31. The summed E-state index contributed by atoms with van der Waals surface area (Å²) < 4.78 is 60.1. The van der Waals surface area contributed by atoms with E-state index in [4.69, 9.17) is 5.11 Å². The quantitative estimate of drug-likeness (QED) is 0.765. The Morgan fingerprint density at radius 1 is 1.29 bits per heavy atom. The van der Waals surface area contributed by atoms with E-state index in [9.17, 15) is 22.0 Å². The van der Waals surface area contributed by atoms with Crippen LogP contribution in [0.5, 0.6) is 5.75 Å². The summed E-state index contributed by atoms with van der Waals surface area (Å²) >= 11 is 0. The molecule has 0 bridgehead atoms. The topological polar surface area (TPSA) is 38.1 Å². The van der Waals surface area contributed by atoms with E-state index in [0.29, 0.717) is 10.9 Å². The molecule has 0 radical (unpaired) electrons. The van der Waals surface area contributed by atoms with Crippen LogP contribution in [0, 0.1) is 0 Å². The first-order valence-corrected chi connectivity index (χ1v) is 3.38. The third-order valence-electron chi connectivity index (χ3n) is 1.39. The summed E-state index contributed by atoms with van der Waals surface area (Å²) in [5.41, 5.74) is 0. The third kappa shape index (κ3) is 2.12. The Morgan fingerprint density at radius 3 is 2.21 bits per heavy atom. The first kappa shape index (κ1) is 10.7. The van der Waals surface area contributed by atoms with Gasteiger partial charge in [-0.3, -0.25) is 4.68 Å². The van der Waals surface area contributed by atoms with Crippen molar-refractivity contribution in [2.45, 2.75) is 18.6 Å². The Hall–Kier alpha value is -1.34. The normalized spacial score (nSPS) is 13.2. The molecule has 3 nitrogen and oxygen atoms in total. The van der Waals surface area contributed by atoms with Gasteiger partial charge in [0.05, 0.1) is 12.4 Å². The predicted molar refractivity (Wildman–Crippen MR) is 34.9 cm³/mol. The zero-order valence-electron chi connectivity index (χ0n) is 6.59. The van der Waals surface area contributed by atoms with Crippen LogP contribution in [0.3, 0.4) is 0 Å². The second-order valence-electron chi connectivity index (χ2n) is 2.60. The van der Waals surface area contributed by atoms with Crippen molar-refractivity contribution in [1.82, 2.24) is 9.78 Å². The summed E-state index contributed by atoms with van der Waals surface area (Å²) in [5.74, 6) is -5.33. The number of halogens is 5. The standard InChI is InChI=1S/C6H5F5N2O/c7-5(8,6(9,10)11)3-13-2-4(14)1-12-13/h1-2,14H,3H2. The molecule has 8 heteroatoms. The molecular weight excluding hydrogens is 211 g/mol. The number of aromatic hydroxyl groups is 1. The zero-order chi connectivity index (χ0) is 11.0. The van der Waals surface area contributed by atoms with Gasteiger partial charge in [0.1, 0.15) is 6.54 Å². The van der Waals surface area contributed by atoms with Gasteiger partial charge in [0.15, 0.2) is 5.75 Å². The SMILES string of the molecule is Oc1cnn(CC(F)(F)C(F)(F)F)c1. The highest BCUT2D eigenvalue weighted by atomic mass is 19.4. The summed E-state index contributed by atoms with van der Waals surface area (Å²) in [6.07, 6.45) is -4.17. The summed E-state index contributed by atoms with van der Waals surface area (Å²) in [6.45, 7) is -1.64. The number of nitrogens with zero attached hydrogens (tertiary/aromatic N) is 2. The van der Waals surface area contributed by atoms with Crippen LogP contribution in [0.4, 0.5) is 22.0 Å². The first-order chi connectivity index (χ1) is 6.22. The van der Waals surface area contributed by atoms with E-state index in [1.165, 1.54) is 0 Å².